The maximum Gasteiger partial charge on any atom is 0.237 e. The summed E-state index contributed by atoms with van der Waals surface area (Å²) in [5, 5.41) is 0. The minimum absolute atomic E-state index is 0.0131. The number of benzene rings is 1. The average Bonchev–Trinajstić information content (AvgIpc) is 2.18. The Morgan fingerprint density at radius 3 is 2.39 bits per heavy atom. The van der Waals surface area contributed by atoms with Gasteiger partial charge in [-0.15, -0.1) is 0 Å². The lowest BCUT2D eigenvalue weighted by atomic mass is 10.2. The largest absolute Gasteiger partial charge is 0.389 e. The Bertz CT molecular complexity index is 577. The number of hydrogen-bond acceptors (Lipinski definition) is 3. The first-order valence-corrected chi connectivity index (χ1v) is 7.05. The molecule has 1 rings (SSSR count). The van der Waals surface area contributed by atoms with Gasteiger partial charge in [0, 0.05) is 11.3 Å². The molecule has 0 aliphatic rings. The molecule has 0 aliphatic carbocycles. The first-order valence-electron chi connectivity index (χ1n) is 5.16. The molecule has 0 aliphatic heterocycles. The maximum absolute atomic E-state index is 13.3. The van der Waals surface area contributed by atoms with Gasteiger partial charge in [-0.2, -0.15) is 0 Å². The summed E-state index contributed by atoms with van der Waals surface area (Å²) < 4.78 is 38.6. The van der Waals surface area contributed by atoms with Crippen molar-refractivity contribution < 1.29 is 12.8 Å². The Morgan fingerprint density at radius 2 is 1.94 bits per heavy atom. The van der Waals surface area contributed by atoms with Gasteiger partial charge in [0.15, 0.2) is 0 Å². The highest BCUT2D eigenvalue weighted by molar-refractivity contribution is 7.94. The molecule has 1 aromatic rings. The summed E-state index contributed by atoms with van der Waals surface area (Å²) in [5.74, 6) is -0.582. The van der Waals surface area contributed by atoms with Gasteiger partial charge in [-0.3, -0.25) is 4.72 Å². The molecule has 0 bridgehead atoms. The van der Waals surface area contributed by atoms with Crippen LogP contribution in [0.5, 0.6) is 0 Å². The first-order chi connectivity index (χ1) is 8.04. The van der Waals surface area contributed by atoms with Gasteiger partial charge in [-0.05, 0) is 39.0 Å². The molecule has 0 fully saturated rings. The normalized spacial score (nSPS) is 12.2. The topological polar surface area (TPSA) is 72.2 Å². The number of hydrogen-bond donors (Lipinski definition) is 2. The van der Waals surface area contributed by atoms with Crippen LogP contribution in [0.2, 0.25) is 0 Å². The second kappa shape index (κ2) is 4.81. The van der Waals surface area contributed by atoms with Crippen molar-refractivity contribution in [2.45, 2.75) is 25.5 Å². The van der Waals surface area contributed by atoms with Crippen LogP contribution in [0.15, 0.2) is 18.2 Å². The number of anilines is 1. The van der Waals surface area contributed by atoms with Gasteiger partial charge in [0.25, 0.3) is 0 Å². The van der Waals surface area contributed by atoms with Gasteiger partial charge in [0.1, 0.15) is 10.8 Å². The molecule has 0 saturated carbocycles. The van der Waals surface area contributed by atoms with E-state index in [0.29, 0.717) is 0 Å². The molecular weight excluding hydrogens is 275 g/mol. The van der Waals surface area contributed by atoms with Crippen molar-refractivity contribution in [3.05, 3.63) is 29.6 Å². The third kappa shape index (κ3) is 3.17. The van der Waals surface area contributed by atoms with E-state index in [1.807, 2.05) is 0 Å². The standard InChI is InChI=1S/C11H15FN2O2S2/c1-11(2,3)18(15,16)14-7-4-5-9(12)8(6-7)10(13)17/h4-6,14H,1-3H3,(H2,13,17). The number of sulfonamides is 1. The Balaban J connectivity index is 3.15. The van der Waals surface area contributed by atoms with Crippen LogP contribution >= 0.6 is 12.2 Å². The highest BCUT2D eigenvalue weighted by Crippen LogP contribution is 2.21. The molecule has 0 aromatic heterocycles. The summed E-state index contributed by atoms with van der Waals surface area (Å²) in [7, 11) is -3.56. The number of rotatable bonds is 3. The first kappa shape index (κ1) is 14.8. The number of thiocarbonyl (C=S) groups is 1. The van der Waals surface area contributed by atoms with E-state index in [0.717, 1.165) is 6.07 Å². The summed E-state index contributed by atoms with van der Waals surface area (Å²) in [5.41, 5.74) is 5.59. The van der Waals surface area contributed by atoms with Gasteiger partial charge < -0.3 is 5.73 Å². The molecule has 0 saturated heterocycles. The lowest BCUT2D eigenvalue weighted by molar-refractivity contribution is 0.566. The highest BCUT2D eigenvalue weighted by Gasteiger charge is 2.29. The highest BCUT2D eigenvalue weighted by atomic mass is 32.2. The molecule has 0 unspecified atom stereocenters. The van der Waals surface area contributed by atoms with Gasteiger partial charge in [-0.1, -0.05) is 12.2 Å². The van der Waals surface area contributed by atoms with Gasteiger partial charge in [0.05, 0.1) is 4.75 Å². The van der Waals surface area contributed by atoms with E-state index in [-0.39, 0.29) is 16.2 Å². The monoisotopic (exact) mass is 290 g/mol. The van der Waals surface area contributed by atoms with Crippen LogP contribution in [0.4, 0.5) is 10.1 Å². The maximum atomic E-state index is 13.3. The lowest BCUT2D eigenvalue weighted by Crippen LogP contribution is -2.33. The molecule has 100 valence electrons. The lowest BCUT2D eigenvalue weighted by Gasteiger charge is -2.20. The summed E-state index contributed by atoms with van der Waals surface area (Å²) >= 11 is 4.68. The average molecular weight is 290 g/mol. The Kier molecular flexibility index (Phi) is 3.97. The third-order valence-electron chi connectivity index (χ3n) is 2.29. The van der Waals surface area contributed by atoms with Crippen LogP contribution in [0.1, 0.15) is 26.3 Å². The van der Waals surface area contributed by atoms with Crippen molar-refractivity contribution >= 4 is 32.9 Å². The van der Waals surface area contributed by atoms with Crippen LogP contribution in [0.25, 0.3) is 0 Å². The molecular formula is C11H15FN2O2S2. The van der Waals surface area contributed by atoms with Crippen molar-refractivity contribution in [3.8, 4) is 0 Å². The molecule has 0 spiro atoms. The minimum atomic E-state index is -3.56. The Hall–Kier alpha value is -1.21. The predicted molar refractivity (Wildman–Crippen MR) is 74.6 cm³/mol. The molecule has 0 radical (unpaired) electrons. The van der Waals surface area contributed by atoms with Crippen molar-refractivity contribution in [1.29, 1.82) is 0 Å². The fourth-order valence-electron chi connectivity index (χ4n) is 1.09. The molecule has 0 amide bonds. The second-order valence-corrected chi connectivity index (χ2v) is 7.65. The van der Waals surface area contributed by atoms with Crippen LogP contribution in [-0.2, 0) is 10.0 Å². The summed E-state index contributed by atoms with van der Waals surface area (Å²) in [6, 6.07) is 3.72. The molecule has 4 nitrogen and oxygen atoms in total. The molecule has 3 N–H and O–H groups in total. The van der Waals surface area contributed by atoms with Crippen molar-refractivity contribution in [2.75, 3.05) is 4.72 Å². The van der Waals surface area contributed by atoms with Crippen molar-refractivity contribution in [2.24, 2.45) is 5.73 Å². The van der Waals surface area contributed by atoms with E-state index in [4.69, 9.17) is 5.73 Å². The van der Waals surface area contributed by atoms with Crippen LogP contribution < -0.4 is 10.5 Å². The SMILES string of the molecule is CC(C)(C)S(=O)(=O)Nc1ccc(F)c(C(N)=S)c1. The van der Waals surface area contributed by atoms with Gasteiger partial charge in [0.2, 0.25) is 10.0 Å². The van der Waals surface area contributed by atoms with E-state index in [2.05, 4.69) is 16.9 Å². The van der Waals surface area contributed by atoms with Crippen LogP contribution in [-0.4, -0.2) is 18.2 Å². The third-order valence-corrected chi connectivity index (χ3v) is 4.63. The second-order valence-electron chi connectivity index (χ2n) is 4.78. The van der Waals surface area contributed by atoms with Crippen LogP contribution in [0.3, 0.4) is 0 Å². The summed E-state index contributed by atoms with van der Waals surface area (Å²) in [6.45, 7) is 4.69. The fourth-order valence-corrected chi connectivity index (χ4v) is 1.99. The fraction of sp³-hybridized carbons (Fsp3) is 0.364. The molecule has 7 heteroatoms. The van der Waals surface area contributed by atoms with E-state index < -0.39 is 20.6 Å². The predicted octanol–water partition coefficient (Wildman–Crippen LogP) is 2.00. The Labute approximate surface area is 111 Å². The smallest absolute Gasteiger partial charge is 0.237 e. The summed E-state index contributed by atoms with van der Waals surface area (Å²) in [6.07, 6.45) is 0. The van der Waals surface area contributed by atoms with E-state index in [1.54, 1.807) is 20.8 Å². The van der Waals surface area contributed by atoms with Gasteiger partial charge in [-0.25, -0.2) is 12.8 Å². The molecule has 1 aromatic carbocycles. The summed E-state index contributed by atoms with van der Waals surface area (Å²) in [4.78, 5) is -0.121. The van der Waals surface area contributed by atoms with E-state index >= 15 is 0 Å². The zero-order valence-electron chi connectivity index (χ0n) is 10.3. The Morgan fingerprint density at radius 1 is 1.39 bits per heavy atom. The van der Waals surface area contributed by atoms with Crippen molar-refractivity contribution in [1.82, 2.24) is 0 Å². The quantitative estimate of drug-likeness (QED) is 0.835. The number of halogens is 1. The number of nitrogens with two attached hydrogens (primary N) is 1. The van der Waals surface area contributed by atoms with E-state index in [9.17, 15) is 12.8 Å². The van der Waals surface area contributed by atoms with E-state index in [1.165, 1.54) is 12.1 Å². The zero-order valence-corrected chi connectivity index (χ0v) is 12.0. The zero-order chi connectivity index (χ0) is 14.1. The molecule has 0 heterocycles. The minimum Gasteiger partial charge on any atom is -0.389 e. The van der Waals surface area contributed by atoms with Gasteiger partial charge >= 0.3 is 0 Å². The van der Waals surface area contributed by atoms with Crippen molar-refractivity contribution in [3.63, 3.8) is 0 Å². The number of nitrogens with one attached hydrogen (secondary N) is 1. The molecule has 18 heavy (non-hydrogen) atoms. The van der Waals surface area contributed by atoms with Crippen LogP contribution in [0, 0.1) is 5.82 Å². The molecule has 0 atom stereocenters.